The van der Waals surface area contributed by atoms with Gasteiger partial charge in [0.25, 0.3) is 0 Å². The van der Waals surface area contributed by atoms with Gasteiger partial charge in [0.2, 0.25) is 0 Å². The van der Waals surface area contributed by atoms with Gasteiger partial charge in [-0.1, -0.05) is 6.58 Å². The van der Waals surface area contributed by atoms with Gasteiger partial charge in [-0.2, -0.15) is 0 Å². The minimum atomic E-state index is 0.0152. The maximum atomic E-state index is 10.7. The van der Waals surface area contributed by atoms with Gasteiger partial charge < -0.3 is 4.42 Å². The third-order valence-electron chi connectivity index (χ3n) is 1.19. The average Bonchev–Trinajstić information content (AvgIpc) is 2.40. The molecular weight excluding hydrogens is 128 g/mol. The summed E-state index contributed by atoms with van der Waals surface area (Å²) in [7, 11) is 0. The van der Waals surface area contributed by atoms with Gasteiger partial charge in [-0.3, -0.25) is 4.79 Å². The monoisotopic (exact) mass is 136 g/mol. The van der Waals surface area contributed by atoms with Crippen LogP contribution in [-0.4, -0.2) is 5.78 Å². The molecule has 0 N–H and O–H groups in total. The lowest BCUT2D eigenvalue weighted by Crippen LogP contribution is -1.95. The SMILES string of the molecule is C=CC(=O)Cc1ccoc1. The van der Waals surface area contributed by atoms with Crippen LogP contribution in [-0.2, 0) is 11.2 Å². The highest BCUT2D eigenvalue weighted by molar-refractivity contribution is 5.90. The Labute approximate surface area is 59.2 Å². The Hall–Kier alpha value is -1.31. The topological polar surface area (TPSA) is 30.2 Å². The molecule has 1 heterocycles. The largest absolute Gasteiger partial charge is 0.472 e. The van der Waals surface area contributed by atoms with Crippen molar-refractivity contribution in [1.82, 2.24) is 0 Å². The first kappa shape index (κ1) is 6.81. The maximum absolute atomic E-state index is 10.7. The number of hydrogen-bond acceptors (Lipinski definition) is 2. The van der Waals surface area contributed by atoms with Crippen molar-refractivity contribution in [2.75, 3.05) is 0 Å². The van der Waals surface area contributed by atoms with Crippen LogP contribution in [0.5, 0.6) is 0 Å². The van der Waals surface area contributed by atoms with E-state index in [0.717, 1.165) is 5.56 Å². The summed E-state index contributed by atoms with van der Waals surface area (Å²) in [5, 5.41) is 0. The molecule has 0 unspecified atom stereocenters. The van der Waals surface area contributed by atoms with E-state index in [0.29, 0.717) is 6.42 Å². The second kappa shape index (κ2) is 3.01. The number of carbonyl (C=O) groups excluding carboxylic acids is 1. The predicted octanol–water partition coefficient (Wildman–Crippen LogP) is 1.58. The zero-order chi connectivity index (χ0) is 7.40. The van der Waals surface area contributed by atoms with Gasteiger partial charge in [-0.15, -0.1) is 0 Å². The maximum Gasteiger partial charge on any atom is 0.159 e. The van der Waals surface area contributed by atoms with Crippen molar-refractivity contribution in [3.63, 3.8) is 0 Å². The molecule has 0 bridgehead atoms. The van der Waals surface area contributed by atoms with Crippen LogP contribution in [0.2, 0.25) is 0 Å². The molecule has 52 valence electrons. The van der Waals surface area contributed by atoms with E-state index in [1.807, 2.05) is 0 Å². The molecule has 1 aromatic rings. The van der Waals surface area contributed by atoms with Crippen LogP contribution < -0.4 is 0 Å². The van der Waals surface area contributed by atoms with Crippen LogP contribution in [0.3, 0.4) is 0 Å². The summed E-state index contributed by atoms with van der Waals surface area (Å²) in [4.78, 5) is 10.7. The fourth-order valence-corrected chi connectivity index (χ4v) is 0.667. The molecule has 0 aliphatic rings. The van der Waals surface area contributed by atoms with E-state index >= 15 is 0 Å². The molecule has 0 saturated carbocycles. The molecule has 0 aromatic carbocycles. The van der Waals surface area contributed by atoms with Crippen molar-refractivity contribution in [3.05, 3.63) is 36.8 Å². The van der Waals surface area contributed by atoms with Gasteiger partial charge >= 0.3 is 0 Å². The molecule has 0 fully saturated rings. The minimum absolute atomic E-state index is 0.0152. The Balaban J connectivity index is 2.56. The molecular formula is C8H8O2. The highest BCUT2D eigenvalue weighted by Crippen LogP contribution is 2.00. The summed E-state index contributed by atoms with van der Waals surface area (Å²) in [5.41, 5.74) is 0.893. The van der Waals surface area contributed by atoms with Gasteiger partial charge in [0.05, 0.1) is 12.5 Å². The molecule has 0 atom stereocenters. The van der Waals surface area contributed by atoms with Crippen LogP contribution in [0.4, 0.5) is 0 Å². The molecule has 10 heavy (non-hydrogen) atoms. The highest BCUT2D eigenvalue weighted by atomic mass is 16.3. The Bertz CT molecular complexity index is 221. The predicted molar refractivity (Wildman–Crippen MR) is 37.6 cm³/mol. The fourth-order valence-electron chi connectivity index (χ4n) is 0.667. The van der Waals surface area contributed by atoms with Crippen LogP contribution >= 0.6 is 0 Å². The normalized spacial score (nSPS) is 9.20. The summed E-state index contributed by atoms with van der Waals surface area (Å²) >= 11 is 0. The third kappa shape index (κ3) is 1.58. The molecule has 0 amide bonds. The van der Waals surface area contributed by atoms with E-state index in [4.69, 9.17) is 4.42 Å². The van der Waals surface area contributed by atoms with Crippen LogP contribution in [0.1, 0.15) is 5.56 Å². The van der Waals surface area contributed by atoms with Crippen molar-refractivity contribution in [1.29, 1.82) is 0 Å². The van der Waals surface area contributed by atoms with E-state index in [2.05, 4.69) is 6.58 Å². The molecule has 2 heteroatoms. The van der Waals surface area contributed by atoms with Gasteiger partial charge in [0.15, 0.2) is 5.78 Å². The third-order valence-corrected chi connectivity index (χ3v) is 1.19. The molecule has 0 aliphatic carbocycles. The quantitative estimate of drug-likeness (QED) is 0.590. The Morgan fingerprint density at radius 2 is 2.60 bits per heavy atom. The zero-order valence-electron chi connectivity index (χ0n) is 5.54. The number of carbonyl (C=O) groups is 1. The van der Waals surface area contributed by atoms with Crippen molar-refractivity contribution in [2.45, 2.75) is 6.42 Å². The lowest BCUT2D eigenvalue weighted by molar-refractivity contribution is -0.114. The first-order valence-corrected chi connectivity index (χ1v) is 2.99. The number of rotatable bonds is 3. The number of ketones is 1. The number of hydrogen-bond donors (Lipinski definition) is 0. The van der Waals surface area contributed by atoms with Crippen molar-refractivity contribution in [2.24, 2.45) is 0 Å². The van der Waals surface area contributed by atoms with Gasteiger partial charge in [0, 0.05) is 6.42 Å². The molecule has 1 aromatic heterocycles. The molecule has 2 nitrogen and oxygen atoms in total. The van der Waals surface area contributed by atoms with Gasteiger partial charge in [-0.25, -0.2) is 0 Å². The zero-order valence-corrected chi connectivity index (χ0v) is 5.54. The summed E-state index contributed by atoms with van der Waals surface area (Å²) < 4.78 is 4.77. The van der Waals surface area contributed by atoms with E-state index < -0.39 is 0 Å². The summed E-state index contributed by atoms with van der Waals surface area (Å²) in [6.45, 7) is 3.36. The van der Waals surface area contributed by atoms with Crippen LogP contribution in [0.15, 0.2) is 35.7 Å². The summed E-state index contributed by atoms with van der Waals surface area (Å²) in [6.07, 6.45) is 4.81. The Kier molecular flexibility index (Phi) is 2.05. The van der Waals surface area contributed by atoms with Crippen LogP contribution in [0.25, 0.3) is 0 Å². The lowest BCUT2D eigenvalue weighted by Gasteiger charge is -1.86. The Morgan fingerprint density at radius 3 is 3.10 bits per heavy atom. The van der Waals surface area contributed by atoms with Gasteiger partial charge in [0.1, 0.15) is 0 Å². The lowest BCUT2D eigenvalue weighted by atomic mass is 10.2. The molecule has 1 rings (SSSR count). The molecule has 0 spiro atoms. The second-order valence-electron chi connectivity index (χ2n) is 1.98. The van der Waals surface area contributed by atoms with E-state index in [1.165, 1.54) is 6.08 Å². The van der Waals surface area contributed by atoms with E-state index in [1.54, 1.807) is 18.6 Å². The first-order chi connectivity index (χ1) is 4.83. The van der Waals surface area contributed by atoms with E-state index in [-0.39, 0.29) is 5.78 Å². The van der Waals surface area contributed by atoms with Crippen molar-refractivity contribution < 1.29 is 9.21 Å². The standard InChI is InChI=1S/C8H8O2/c1-2-8(9)5-7-3-4-10-6-7/h2-4,6H,1,5H2. The average molecular weight is 136 g/mol. The summed E-state index contributed by atoms with van der Waals surface area (Å²) in [5.74, 6) is 0.0152. The van der Waals surface area contributed by atoms with Crippen LogP contribution in [0, 0.1) is 0 Å². The fraction of sp³-hybridized carbons (Fsp3) is 0.125. The second-order valence-corrected chi connectivity index (χ2v) is 1.98. The minimum Gasteiger partial charge on any atom is -0.472 e. The van der Waals surface area contributed by atoms with Crippen molar-refractivity contribution >= 4 is 5.78 Å². The highest BCUT2D eigenvalue weighted by Gasteiger charge is 1.98. The first-order valence-electron chi connectivity index (χ1n) is 2.99. The molecule has 0 aliphatic heterocycles. The Morgan fingerprint density at radius 1 is 1.80 bits per heavy atom. The summed E-state index contributed by atoms with van der Waals surface area (Å²) in [6, 6.07) is 1.77. The van der Waals surface area contributed by atoms with Crippen molar-refractivity contribution in [3.8, 4) is 0 Å². The van der Waals surface area contributed by atoms with E-state index in [9.17, 15) is 4.79 Å². The van der Waals surface area contributed by atoms with Gasteiger partial charge in [-0.05, 0) is 17.7 Å². The molecule has 0 saturated heterocycles. The molecule has 0 radical (unpaired) electrons. The number of allylic oxidation sites excluding steroid dienone is 1. The smallest absolute Gasteiger partial charge is 0.159 e. The number of furan rings is 1.